The second-order valence-electron chi connectivity index (χ2n) is 6.50. The maximum atomic E-state index is 11.2. The Labute approximate surface area is 170 Å². The third-order valence-electron chi connectivity index (χ3n) is 4.43. The van der Waals surface area contributed by atoms with E-state index >= 15 is 0 Å². The lowest BCUT2D eigenvalue weighted by atomic mass is 9.92. The summed E-state index contributed by atoms with van der Waals surface area (Å²) in [6.45, 7) is 0.1000. The number of phenolic OH excluding ortho intramolecular Hbond substituents is 1. The highest BCUT2D eigenvalue weighted by Gasteiger charge is 2.20. The number of carboxylic acid groups (broad SMARTS) is 1. The molecule has 9 heteroatoms. The standard InChI is InChI=1S/C21H17N3O6/c25-15-5-1-14(2-6-15)21-22-19(24-30-21)12-28-16-7-3-13(4-8-16)17(11-20(26)27)18-9-10-29-23-18/h1-10,17,25H,11-12H2,(H,26,27)/t17-/m0/s1. The molecule has 0 bridgehead atoms. The number of aromatic hydroxyl groups is 1. The lowest BCUT2D eigenvalue weighted by Gasteiger charge is -2.13. The highest BCUT2D eigenvalue weighted by atomic mass is 16.5. The minimum atomic E-state index is -0.926. The summed E-state index contributed by atoms with van der Waals surface area (Å²) < 4.78 is 15.8. The van der Waals surface area contributed by atoms with Gasteiger partial charge in [-0.05, 0) is 42.0 Å². The minimum Gasteiger partial charge on any atom is -0.508 e. The Bertz CT molecular complexity index is 1100. The number of hydrogen-bond donors (Lipinski definition) is 2. The summed E-state index contributed by atoms with van der Waals surface area (Å²) in [4.78, 5) is 15.5. The van der Waals surface area contributed by atoms with Crippen LogP contribution in [0.4, 0.5) is 0 Å². The molecule has 0 radical (unpaired) electrons. The van der Waals surface area contributed by atoms with Gasteiger partial charge in [-0.15, -0.1) is 0 Å². The molecule has 0 saturated heterocycles. The summed E-state index contributed by atoms with van der Waals surface area (Å²) >= 11 is 0. The van der Waals surface area contributed by atoms with Crippen molar-refractivity contribution in [3.05, 3.63) is 77.9 Å². The smallest absolute Gasteiger partial charge is 0.304 e. The number of rotatable bonds is 8. The highest BCUT2D eigenvalue weighted by Crippen LogP contribution is 2.28. The number of ether oxygens (including phenoxy) is 1. The number of nitrogens with zero attached hydrogens (tertiary/aromatic N) is 3. The van der Waals surface area contributed by atoms with Crippen molar-refractivity contribution in [2.24, 2.45) is 0 Å². The lowest BCUT2D eigenvalue weighted by Crippen LogP contribution is -2.08. The van der Waals surface area contributed by atoms with Crippen molar-refractivity contribution in [1.29, 1.82) is 0 Å². The predicted octanol–water partition coefficient (Wildman–Crippen LogP) is 3.62. The van der Waals surface area contributed by atoms with Crippen molar-refractivity contribution >= 4 is 5.97 Å². The summed E-state index contributed by atoms with van der Waals surface area (Å²) in [7, 11) is 0. The maximum Gasteiger partial charge on any atom is 0.304 e. The van der Waals surface area contributed by atoms with Crippen LogP contribution in [-0.4, -0.2) is 31.5 Å². The van der Waals surface area contributed by atoms with E-state index in [0.29, 0.717) is 28.7 Å². The molecule has 2 aromatic carbocycles. The third kappa shape index (κ3) is 4.46. The average Bonchev–Trinajstić information content (AvgIpc) is 3.44. The molecule has 0 fully saturated rings. The van der Waals surface area contributed by atoms with Crippen molar-refractivity contribution in [1.82, 2.24) is 15.3 Å². The minimum absolute atomic E-state index is 0.1000. The van der Waals surface area contributed by atoms with Gasteiger partial charge in [-0.2, -0.15) is 4.98 Å². The molecular weight excluding hydrogens is 390 g/mol. The first-order valence-electron chi connectivity index (χ1n) is 9.05. The number of hydrogen-bond acceptors (Lipinski definition) is 8. The number of aliphatic carboxylic acids is 1. The highest BCUT2D eigenvalue weighted by molar-refractivity contribution is 5.68. The Morgan fingerprint density at radius 2 is 1.80 bits per heavy atom. The van der Waals surface area contributed by atoms with Crippen LogP contribution in [0.5, 0.6) is 11.5 Å². The van der Waals surface area contributed by atoms with E-state index in [-0.39, 0.29) is 18.8 Å². The van der Waals surface area contributed by atoms with E-state index in [1.165, 1.54) is 18.4 Å². The summed E-state index contributed by atoms with van der Waals surface area (Å²) in [5.74, 6) is 0.0789. The van der Waals surface area contributed by atoms with Gasteiger partial charge in [0.25, 0.3) is 5.89 Å². The molecule has 0 aliphatic heterocycles. The first-order valence-corrected chi connectivity index (χ1v) is 9.05. The Balaban J connectivity index is 1.41. The van der Waals surface area contributed by atoms with E-state index in [2.05, 4.69) is 15.3 Å². The molecule has 2 heterocycles. The van der Waals surface area contributed by atoms with Crippen LogP contribution in [0, 0.1) is 0 Å². The topological polar surface area (TPSA) is 132 Å². The molecule has 4 aromatic rings. The molecule has 1 atom stereocenters. The van der Waals surface area contributed by atoms with Crippen molar-refractivity contribution in [3.63, 3.8) is 0 Å². The molecule has 4 rings (SSSR count). The van der Waals surface area contributed by atoms with E-state index in [1.54, 1.807) is 42.5 Å². The Morgan fingerprint density at radius 1 is 1.03 bits per heavy atom. The van der Waals surface area contributed by atoms with Crippen LogP contribution in [0.25, 0.3) is 11.5 Å². The molecule has 0 spiro atoms. The monoisotopic (exact) mass is 407 g/mol. The third-order valence-corrected chi connectivity index (χ3v) is 4.43. The second kappa shape index (κ2) is 8.48. The van der Waals surface area contributed by atoms with Gasteiger partial charge in [-0.1, -0.05) is 22.4 Å². The van der Waals surface area contributed by atoms with Gasteiger partial charge >= 0.3 is 5.97 Å². The number of aromatic nitrogens is 3. The summed E-state index contributed by atoms with van der Waals surface area (Å²) in [6, 6.07) is 15.1. The van der Waals surface area contributed by atoms with Gasteiger partial charge in [-0.3, -0.25) is 4.79 Å². The quantitative estimate of drug-likeness (QED) is 0.449. The fourth-order valence-electron chi connectivity index (χ4n) is 2.95. The molecular formula is C21H17N3O6. The molecule has 0 aliphatic carbocycles. The molecule has 9 nitrogen and oxygen atoms in total. The predicted molar refractivity (Wildman–Crippen MR) is 103 cm³/mol. The summed E-state index contributed by atoms with van der Waals surface area (Å²) in [5.41, 5.74) is 2.03. The van der Waals surface area contributed by atoms with Crippen molar-refractivity contribution in [2.45, 2.75) is 18.9 Å². The molecule has 30 heavy (non-hydrogen) atoms. The fraction of sp³-hybridized carbons (Fsp3) is 0.143. The molecule has 2 aromatic heterocycles. The van der Waals surface area contributed by atoms with E-state index in [0.717, 1.165) is 5.56 Å². The van der Waals surface area contributed by atoms with Crippen LogP contribution in [0.3, 0.4) is 0 Å². The number of carbonyl (C=O) groups is 1. The number of carboxylic acids is 1. The van der Waals surface area contributed by atoms with E-state index in [4.69, 9.17) is 13.8 Å². The number of benzene rings is 2. The Kier molecular flexibility index (Phi) is 5.42. The molecule has 0 aliphatic rings. The van der Waals surface area contributed by atoms with Gasteiger partial charge in [0.2, 0.25) is 5.82 Å². The van der Waals surface area contributed by atoms with Crippen LogP contribution in [0.15, 0.2) is 69.9 Å². The SMILES string of the molecule is O=C(O)C[C@@H](c1ccc(OCc2noc(-c3ccc(O)cc3)n2)cc1)c1ccon1. The Hall–Kier alpha value is -4.14. The first kappa shape index (κ1) is 19.2. The van der Waals surface area contributed by atoms with Crippen molar-refractivity contribution in [3.8, 4) is 23.0 Å². The van der Waals surface area contributed by atoms with Crippen LogP contribution in [0.1, 0.15) is 29.4 Å². The largest absolute Gasteiger partial charge is 0.508 e. The zero-order valence-corrected chi connectivity index (χ0v) is 15.6. The van der Waals surface area contributed by atoms with Gasteiger partial charge < -0.3 is 24.0 Å². The van der Waals surface area contributed by atoms with Crippen LogP contribution >= 0.6 is 0 Å². The Morgan fingerprint density at radius 3 is 2.47 bits per heavy atom. The van der Waals surface area contributed by atoms with Gasteiger partial charge in [0.1, 0.15) is 17.8 Å². The lowest BCUT2D eigenvalue weighted by molar-refractivity contribution is -0.137. The van der Waals surface area contributed by atoms with E-state index in [1.807, 2.05) is 0 Å². The van der Waals surface area contributed by atoms with Gasteiger partial charge in [0, 0.05) is 17.5 Å². The van der Waals surface area contributed by atoms with Crippen LogP contribution in [-0.2, 0) is 11.4 Å². The maximum absolute atomic E-state index is 11.2. The normalized spacial score (nSPS) is 11.9. The van der Waals surface area contributed by atoms with Crippen LogP contribution < -0.4 is 4.74 Å². The number of phenols is 1. The van der Waals surface area contributed by atoms with Crippen molar-refractivity contribution < 1.29 is 28.8 Å². The van der Waals surface area contributed by atoms with Crippen LogP contribution in [0.2, 0.25) is 0 Å². The molecule has 0 saturated carbocycles. The fourth-order valence-corrected chi connectivity index (χ4v) is 2.95. The zero-order chi connectivity index (χ0) is 20.9. The molecule has 0 amide bonds. The van der Waals surface area contributed by atoms with Gasteiger partial charge in [0.15, 0.2) is 6.61 Å². The molecule has 2 N–H and O–H groups in total. The summed E-state index contributed by atoms with van der Waals surface area (Å²) in [6.07, 6.45) is 1.31. The van der Waals surface area contributed by atoms with Gasteiger partial charge in [0.05, 0.1) is 12.1 Å². The summed E-state index contributed by atoms with van der Waals surface area (Å²) in [5, 5.41) is 26.3. The van der Waals surface area contributed by atoms with Crippen molar-refractivity contribution in [2.75, 3.05) is 0 Å². The van der Waals surface area contributed by atoms with Gasteiger partial charge in [-0.25, -0.2) is 0 Å². The van der Waals surface area contributed by atoms with E-state index in [9.17, 15) is 15.0 Å². The molecule has 152 valence electrons. The van der Waals surface area contributed by atoms with E-state index < -0.39 is 11.9 Å². The second-order valence-corrected chi connectivity index (χ2v) is 6.50. The first-order chi connectivity index (χ1) is 14.6. The molecule has 0 unspecified atom stereocenters. The average molecular weight is 407 g/mol. The zero-order valence-electron chi connectivity index (χ0n) is 15.6.